The van der Waals surface area contributed by atoms with Crippen LogP contribution in [0.5, 0.6) is 0 Å². The predicted octanol–water partition coefficient (Wildman–Crippen LogP) is 4.27. The number of nitrogens with zero attached hydrogens (tertiary/aromatic N) is 5. The van der Waals surface area contributed by atoms with Crippen LogP contribution in [0.4, 0.5) is 0 Å². The molecule has 1 aromatic carbocycles. The summed E-state index contributed by atoms with van der Waals surface area (Å²) in [6.45, 7) is 5.89. The minimum absolute atomic E-state index is 0.230. The van der Waals surface area contributed by atoms with Crippen LogP contribution in [0.1, 0.15) is 30.9 Å². The summed E-state index contributed by atoms with van der Waals surface area (Å²) in [5, 5.41) is 4.55. The third kappa shape index (κ3) is 3.68. The highest BCUT2D eigenvalue weighted by molar-refractivity contribution is 7.10. The lowest BCUT2D eigenvalue weighted by atomic mass is 9.82. The molecule has 0 radical (unpaired) electrons. The second-order valence-electron chi connectivity index (χ2n) is 7.18. The van der Waals surface area contributed by atoms with Crippen molar-refractivity contribution in [3.8, 4) is 11.1 Å². The van der Waals surface area contributed by atoms with Gasteiger partial charge in [-0.3, -0.25) is 4.79 Å². The van der Waals surface area contributed by atoms with Gasteiger partial charge in [0.05, 0.1) is 18.5 Å². The fourth-order valence-electron chi connectivity index (χ4n) is 3.42. The summed E-state index contributed by atoms with van der Waals surface area (Å²) in [5.74, 6) is 0.104. The van der Waals surface area contributed by atoms with E-state index in [1.807, 2.05) is 38.1 Å². The third-order valence-electron chi connectivity index (χ3n) is 5.01. The lowest BCUT2D eigenvalue weighted by Gasteiger charge is -2.26. The van der Waals surface area contributed by atoms with Gasteiger partial charge in [0.1, 0.15) is 11.2 Å². The Hall–Kier alpha value is -2.84. The number of ether oxygens (including phenoxy) is 1. The average Bonchev–Trinajstić information content (AvgIpc) is 3.34. The van der Waals surface area contributed by atoms with Crippen molar-refractivity contribution >= 4 is 34.7 Å². The lowest BCUT2D eigenvalue weighted by Crippen LogP contribution is -2.39. The molecule has 1 atom stereocenters. The summed E-state index contributed by atoms with van der Waals surface area (Å²) in [4.78, 5) is 21.8. The number of esters is 1. The monoisotopic (exact) mass is 441 g/mol. The molecule has 1 unspecified atom stereocenters. The molecule has 0 aliphatic heterocycles. The Kier molecular flexibility index (Phi) is 5.53. The zero-order chi connectivity index (χ0) is 21.3. The summed E-state index contributed by atoms with van der Waals surface area (Å²) < 4.78 is 11.7. The van der Waals surface area contributed by atoms with Gasteiger partial charge in [-0.1, -0.05) is 29.8 Å². The molecule has 0 bridgehead atoms. The van der Waals surface area contributed by atoms with Gasteiger partial charge >= 0.3 is 5.97 Å². The average molecular weight is 442 g/mol. The van der Waals surface area contributed by atoms with Crippen LogP contribution >= 0.6 is 23.1 Å². The fourth-order valence-corrected chi connectivity index (χ4v) is 4.06. The SMILES string of the molecule is CCOC(=O)C(C)(Cc1nsc(Cl)n1)c1ccnc2c(-c3ccc(C)cc3)cnn12. The first-order valence-electron chi connectivity index (χ1n) is 9.48. The van der Waals surface area contributed by atoms with E-state index >= 15 is 0 Å². The standard InChI is InChI=1S/C21H20ClN5O2S/c1-4-29-19(28)21(3,11-17-25-20(22)30-26-17)16-9-10-23-18-15(12-24-27(16)18)14-7-5-13(2)6-8-14/h5-10,12H,4,11H2,1-3H3. The van der Waals surface area contributed by atoms with E-state index in [-0.39, 0.29) is 19.0 Å². The molecule has 3 aromatic heterocycles. The summed E-state index contributed by atoms with van der Waals surface area (Å²) in [6, 6.07) is 9.94. The van der Waals surface area contributed by atoms with Crippen LogP contribution in [0.3, 0.4) is 0 Å². The van der Waals surface area contributed by atoms with E-state index in [0.717, 1.165) is 22.7 Å². The summed E-state index contributed by atoms with van der Waals surface area (Å²) in [5.41, 5.74) is 3.31. The first kappa shape index (κ1) is 20.4. The number of fused-ring (bicyclic) bond motifs is 1. The van der Waals surface area contributed by atoms with E-state index in [0.29, 0.717) is 21.6 Å². The maximum absolute atomic E-state index is 13.1. The molecule has 154 valence electrons. The number of aryl methyl sites for hydroxylation is 1. The van der Waals surface area contributed by atoms with Crippen LogP contribution in [-0.2, 0) is 21.4 Å². The van der Waals surface area contributed by atoms with Gasteiger partial charge in [-0.25, -0.2) is 14.5 Å². The first-order chi connectivity index (χ1) is 14.4. The van der Waals surface area contributed by atoms with Gasteiger partial charge in [-0.2, -0.15) is 9.47 Å². The number of carbonyl (C=O) groups excluding carboxylic acids is 1. The minimum Gasteiger partial charge on any atom is -0.465 e. The number of aromatic nitrogens is 5. The van der Waals surface area contributed by atoms with Crippen LogP contribution in [0, 0.1) is 6.92 Å². The van der Waals surface area contributed by atoms with Crippen molar-refractivity contribution in [2.45, 2.75) is 32.6 Å². The molecule has 0 saturated carbocycles. The zero-order valence-corrected chi connectivity index (χ0v) is 18.4. The predicted molar refractivity (Wildman–Crippen MR) is 116 cm³/mol. The Bertz CT molecular complexity index is 1200. The second kappa shape index (κ2) is 8.12. The maximum atomic E-state index is 13.1. The molecule has 0 aliphatic carbocycles. The summed E-state index contributed by atoms with van der Waals surface area (Å²) in [7, 11) is 0. The molecule has 3 heterocycles. The van der Waals surface area contributed by atoms with Gasteiger partial charge in [-0.15, -0.1) is 0 Å². The molecule has 0 N–H and O–H groups in total. The topological polar surface area (TPSA) is 82.3 Å². The van der Waals surface area contributed by atoms with Gasteiger partial charge < -0.3 is 4.74 Å². The van der Waals surface area contributed by atoms with Gasteiger partial charge in [0, 0.05) is 18.2 Å². The van der Waals surface area contributed by atoms with Crippen molar-refractivity contribution < 1.29 is 9.53 Å². The quantitative estimate of drug-likeness (QED) is 0.415. The van der Waals surface area contributed by atoms with Gasteiger partial charge in [0.25, 0.3) is 0 Å². The second-order valence-corrected chi connectivity index (χ2v) is 8.52. The van der Waals surface area contributed by atoms with Crippen LogP contribution in [-0.4, -0.2) is 36.5 Å². The molecule has 4 aromatic rings. The largest absolute Gasteiger partial charge is 0.465 e. The van der Waals surface area contributed by atoms with E-state index in [2.05, 4.69) is 19.4 Å². The maximum Gasteiger partial charge on any atom is 0.318 e. The molecule has 0 amide bonds. The lowest BCUT2D eigenvalue weighted by molar-refractivity contribution is -0.149. The normalized spacial score (nSPS) is 13.3. The van der Waals surface area contributed by atoms with E-state index in [9.17, 15) is 4.79 Å². The number of rotatable bonds is 6. The van der Waals surface area contributed by atoms with E-state index < -0.39 is 5.41 Å². The molecule has 7 nitrogen and oxygen atoms in total. The van der Waals surface area contributed by atoms with E-state index in [4.69, 9.17) is 16.3 Å². The molecular formula is C21H20ClN5O2S. The van der Waals surface area contributed by atoms with E-state index in [1.54, 1.807) is 29.9 Å². The van der Waals surface area contributed by atoms with Crippen LogP contribution in [0.15, 0.2) is 42.7 Å². The molecule has 0 spiro atoms. The molecule has 0 fully saturated rings. The first-order valence-corrected chi connectivity index (χ1v) is 10.6. The molecule has 30 heavy (non-hydrogen) atoms. The summed E-state index contributed by atoms with van der Waals surface area (Å²) >= 11 is 7.04. The molecule has 0 aliphatic rings. The smallest absolute Gasteiger partial charge is 0.318 e. The van der Waals surface area contributed by atoms with Crippen molar-refractivity contribution in [3.05, 3.63) is 64.3 Å². The Balaban J connectivity index is 1.85. The highest BCUT2D eigenvalue weighted by Gasteiger charge is 2.41. The Morgan fingerprint density at radius 2 is 2.03 bits per heavy atom. The van der Waals surface area contributed by atoms with Crippen molar-refractivity contribution in [2.75, 3.05) is 6.61 Å². The zero-order valence-electron chi connectivity index (χ0n) is 16.8. The number of hydrogen-bond acceptors (Lipinski definition) is 7. The Morgan fingerprint density at radius 1 is 1.27 bits per heavy atom. The molecule has 0 saturated heterocycles. The number of hydrogen-bond donors (Lipinski definition) is 0. The minimum atomic E-state index is -1.07. The van der Waals surface area contributed by atoms with E-state index in [1.165, 1.54) is 5.56 Å². The number of halogens is 1. The van der Waals surface area contributed by atoms with Crippen molar-refractivity contribution in [1.29, 1.82) is 0 Å². The van der Waals surface area contributed by atoms with Crippen LogP contribution in [0.25, 0.3) is 16.8 Å². The van der Waals surface area contributed by atoms with Crippen molar-refractivity contribution in [3.63, 3.8) is 0 Å². The van der Waals surface area contributed by atoms with Gasteiger partial charge in [0.15, 0.2) is 5.65 Å². The third-order valence-corrected chi connectivity index (χ3v) is 5.85. The highest BCUT2D eigenvalue weighted by atomic mass is 35.5. The Morgan fingerprint density at radius 3 is 2.70 bits per heavy atom. The fraction of sp³-hybridized carbons (Fsp3) is 0.286. The van der Waals surface area contributed by atoms with Crippen LogP contribution in [0.2, 0.25) is 4.47 Å². The summed E-state index contributed by atoms with van der Waals surface area (Å²) in [6.07, 6.45) is 3.68. The van der Waals surface area contributed by atoms with Crippen molar-refractivity contribution in [1.82, 2.24) is 24.0 Å². The highest BCUT2D eigenvalue weighted by Crippen LogP contribution is 2.32. The number of carbonyl (C=O) groups is 1. The number of benzene rings is 1. The molecule has 4 rings (SSSR count). The van der Waals surface area contributed by atoms with Gasteiger partial charge in [-0.05, 0) is 55.5 Å². The Labute approximate surface area is 182 Å². The van der Waals surface area contributed by atoms with Crippen LogP contribution < -0.4 is 0 Å². The molecular weight excluding hydrogens is 422 g/mol. The molecule has 9 heteroatoms. The van der Waals surface area contributed by atoms with Gasteiger partial charge in [0.2, 0.25) is 4.47 Å². The van der Waals surface area contributed by atoms with Crippen molar-refractivity contribution in [2.24, 2.45) is 0 Å².